The number of hydrogen-bond acceptors (Lipinski definition) is 5. The van der Waals surface area contributed by atoms with E-state index in [0.29, 0.717) is 42.2 Å². The second-order valence-electron chi connectivity index (χ2n) is 5.01. The van der Waals surface area contributed by atoms with Crippen LogP contribution in [0.2, 0.25) is 5.02 Å². The maximum absolute atomic E-state index is 11.9. The van der Waals surface area contributed by atoms with Gasteiger partial charge in [-0.25, -0.2) is 0 Å². The van der Waals surface area contributed by atoms with Crippen LogP contribution >= 0.6 is 11.6 Å². The lowest BCUT2D eigenvalue weighted by Crippen LogP contribution is -2.26. The summed E-state index contributed by atoms with van der Waals surface area (Å²) in [5, 5.41) is 23.4. The van der Waals surface area contributed by atoms with Crippen molar-refractivity contribution in [2.24, 2.45) is 0 Å². The van der Waals surface area contributed by atoms with Crippen LogP contribution in [-0.4, -0.2) is 23.5 Å². The Morgan fingerprint density at radius 3 is 2.71 bits per heavy atom. The van der Waals surface area contributed by atoms with E-state index in [1.807, 2.05) is 6.07 Å². The van der Waals surface area contributed by atoms with Gasteiger partial charge in [-0.2, -0.15) is 5.26 Å². The van der Waals surface area contributed by atoms with Crippen LogP contribution in [0, 0.1) is 11.3 Å². The van der Waals surface area contributed by atoms with E-state index < -0.39 is 11.9 Å². The summed E-state index contributed by atoms with van der Waals surface area (Å²) in [5.41, 5.74) is 6.56. The molecular formula is C16H19ClN4O3. The number of aliphatic carboxylic acids is 1. The first-order valence-electron chi connectivity index (χ1n) is 7.36. The van der Waals surface area contributed by atoms with E-state index in [-0.39, 0.29) is 12.0 Å². The third-order valence-corrected chi connectivity index (χ3v) is 3.43. The monoisotopic (exact) mass is 350 g/mol. The Bertz CT molecular complexity index is 668. The number of carbonyl (C=O) groups excluding carboxylic acids is 1. The second-order valence-corrected chi connectivity index (χ2v) is 5.42. The summed E-state index contributed by atoms with van der Waals surface area (Å²) in [4.78, 5) is 22.2. The fraction of sp³-hybridized carbons (Fsp3) is 0.312. The van der Waals surface area contributed by atoms with Crippen LogP contribution in [0.25, 0.3) is 0 Å². The predicted octanol–water partition coefficient (Wildman–Crippen LogP) is 2.50. The van der Waals surface area contributed by atoms with Crippen molar-refractivity contribution in [2.75, 3.05) is 17.6 Å². The number of nitriles is 1. The van der Waals surface area contributed by atoms with E-state index in [2.05, 4.69) is 10.6 Å². The molecule has 1 amide bonds. The first-order valence-corrected chi connectivity index (χ1v) is 7.73. The van der Waals surface area contributed by atoms with E-state index >= 15 is 0 Å². The van der Waals surface area contributed by atoms with Crippen LogP contribution in [0.5, 0.6) is 0 Å². The highest BCUT2D eigenvalue weighted by Crippen LogP contribution is 2.22. The molecule has 1 aromatic rings. The van der Waals surface area contributed by atoms with Crippen molar-refractivity contribution < 1.29 is 14.7 Å². The van der Waals surface area contributed by atoms with E-state index in [1.165, 1.54) is 6.20 Å². The number of benzene rings is 1. The molecule has 1 aromatic carbocycles. The Kier molecular flexibility index (Phi) is 8.16. The van der Waals surface area contributed by atoms with Crippen LogP contribution in [0.3, 0.4) is 0 Å². The Morgan fingerprint density at radius 1 is 1.33 bits per heavy atom. The molecule has 24 heavy (non-hydrogen) atoms. The van der Waals surface area contributed by atoms with Crippen molar-refractivity contribution in [3.05, 3.63) is 35.0 Å². The minimum Gasteiger partial charge on any atom is -0.481 e. The molecule has 0 fully saturated rings. The molecule has 0 unspecified atom stereocenters. The van der Waals surface area contributed by atoms with Gasteiger partial charge in [0.1, 0.15) is 11.6 Å². The number of unbranched alkanes of at least 4 members (excludes halogenated alkanes) is 2. The van der Waals surface area contributed by atoms with Crippen LogP contribution in [0.15, 0.2) is 30.0 Å². The van der Waals surface area contributed by atoms with Gasteiger partial charge in [0.15, 0.2) is 0 Å². The average Bonchev–Trinajstić information content (AvgIpc) is 2.54. The summed E-state index contributed by atoms with van der Waals surface area (Å²) in [5.74, 6) is -1.33. The zero-order valence-electron chi connectivity index (χ0n) is 13.0. The number of carboxylic acids is 1. The molecule has 7 nitrogen and oxygen atoms in total. The topological polar surface area (TPSA) is 128 Å². The number of carbonyl (C=O) groups is 2. The zero-order valence-corrected chi connectivity index (χ0v) is 13.8. The molecule has 0 aromatic heterocycles. The molecule has 1 rings (SSSR count). The summed E-state index contributed by atoms with van der Waals surface area (Å²) >= 11 is 5.89. The summed E-state index contributed by atoms with van der Waals surface area (Å²) in [6.45, 7) is 0.380. The van der Waals surface area contributed by atoms with Crippen molar-refractivity contribution in [1.82, 2.24) is 5.32 Å². The standard InChI is InChI=1S/C16H19ClN4O3/c17-13-8-12(5-6-14(13)19)21-10-11(9-18)16(24)20-7-3-1-2-4-15(22)23/h5-6,8,10,21H,1-4,7,19H2,(H,20,24)(H,22,23)/b11-10-. The maximum Gasteiger partial charge on any atom is 0.303 e. The quantitative estimate of drug-likeness (QED) is 0.234. The van der Waals surface area contributed by atoms with Gasteiger partial charge in [-0.1, -0.05) is 18.0 Å². The van der Waals surface area contributed by atoms with E-state index in [0.717, 1.165) is 0 Å². The van der Waals surface area contributed by atoms with Gasteiger partial charge in [0, 0.05) is 24.9 Å². The maximum atomic E-state index is 11.9. The number of amides is 1. The lowest BCUT2D eigenvalue weighted by atomic mass is 10.2. The molecule has 128 valence electrons. The molecule has 5 N–H and O–H groups in total. The van der Waals surface area contributed by atoms with Gasteiger partial charge in [0.2, 0.25) is 0 Å². The first-order chi connectivity index (χ1) is 11.4. The molecule has 0 atom stereocenters. The number of anilines is 2. The van der Waals surface area contributed by atoms with E-state index in [4.69, 9.17) is 27.7 Å². The second kappa shape index (κ2) is 10.1. The van der Waals surface area contributed by atoms with Crippen LogP contribution in [0.1, 0.15) is 25.7 Å². The number of nitrogens with one attached hydrogen (secondary N) is 2. The van der Waals surface area contributed by atoms with Crippen molar-refractivity contribution >= 4 is 34.9 Å². The smallest absolute Gasteiger partial charge is 0.303 e. The highest BCUT2D eigenvalue weighted by atomic mass is 35.5. The minimum atomic E-state index is -0.831. The summed E-state index contributed by atoms with van der Waals surface area (Å²) in [7, 11) is 0. The molecule has 0 spiro atoms. The number of nitrogens with two attached hydrogens (primary N) is 1. The number of nitrogens with zero attached hydrogens (tertiary/aromatic N) is 1. The van der Waals surface area contributed by atoms with Gasteiger partial charge in [0.25, 0.3) is 5.91 Å². The number of rotatable bonds is 9. The van der Waals surface area contributed by atoms with Gasteiger partial charge < -0.3 is 21.5 Å². The fourth-order valence-electron chi connectivity index (χ4n) is 1.80. The lowest BCUT2D eigenvalue weighted by Gasteiger charge is -2.06. The molecule has 0 aliphatic heterocycles. The largest absolute Gasteiger partial charge is 0.481 e. The highest BCUT2D eigenvalue weighted by Gasteiger charge is 2.08. The summed E-state index contributed by atoms with van der Waals surface area (Å²) in [6.07, 6.45) is 3.32. The first kappa shape index (κ1) is 19.3. The SMILES string of the molecule is N#C/C(=C/Nc1ccc(N)c(Cl)c1)C(=O)NCCCCCC(=O)O. The molecule has 0 aliphatic carbocycles. The van der Waals surface area contributed by atoms with Crippen LogP contribution < -0.4 is 16.4 Å². The number of halogens is 1. The number of nitrogen functional groups attached to an aromatic ring is 1. The van der Waals surface area contributed by atoms with Crippen LogP contribution in [0.4, 0.5) is 11.4 Å². The van der Waals surface area contributed by atoms with Gasteiger partial charge in [-0.3, -0.25) is 9.59 Å². The fourth-order valence-corrected chi connectivity index (χ4v) is 1.98. The Labute approximate surface area is 145 Å². The Morgan fingerprint density at radius 2 is 2.08 bits per heavy atom. The lowest BCUT2D eigenvalue weighted by molar-refractivity contribution is -0.137. The van der Waals surface area contributed by atoms with Crippen molar-refractivity contribution in [3.8, 4) is 6.07 Å². The molecule has 8 heteroatoms. The molecule has 0 radical (unpaired) electrons. The molecule has 0 saturated carbocycles. The van der Waals surface area contributed by atoms with Gasteiger partial charge in [-0.05, 0) is 31.0 Å². The number of hydrogen-bond donors (Lipinski definition) is 4. The molecular weight excluding hydrogens is 332 g/mol. The zero-order chi connectivity index (χ0) is 17.9. The van der Waals surface area contributed by atoms with E-state index in [1.54, 1.807) is 18.2 Å². The van der Waals surface area contributed by atoms with Crippen LogP contribution in [-0.2, 0) is 9.59 Å². The summed E-state index contributed by atoms with van der Waals surface area (Å²) < 4.78 is 0. The molecule has 0 heterocycles. The average molecular weight is 351 g/mol. The third kappa shape index (κ3) is 7.03. The highest BCUT2D eigenvalue weighted by molar-refractivity contribution is 6.33. The number of carboxylic acid groups (broad SMARTS) is 1. The van der Waals surface area contributed by atoms with Crippen molar-refractivity contribution in [1.29, 1.82) is 5.26 Å². The van der Waals surface area contributed by atoms with Gasteiger partial charge in [0.05, 0.1) is 10.7 Å². The Hall–Kier alpha value is -2.72. The van der Waals surface area contributed by atoms with E-state index in [9.17, 15) is 9.59 Å². The van der Waals surface area contributed by atoms with Crippen molar-refractivity contribution in [3.63, 3.8) is 0 Å². The van der Waals surface area contributed by atoms with Gasteiger partial charge in [-0.15, -0.1) is 0 Å². The van der Waals surface area contributed by atoms with Crippen molar-refractivity contribution in [2.45, 2.75) is 25.7 Å². The Balaban J connectivity index is 2.44. The van der Waals surface area contributed by atoms with Gasteiger partial charge >= 0.3 is 5.97 Å². The summed E-state index contributed by atoms with van der Waals surface area (Å²) in [6, 6.07) is 6.69. The molecule has 0 aliphatic rings. The third-order valence-electron chi connectivity index (χ3n) is 3.10. The normalized spacial score (nSPS) is 10.8. The molecule has 0 bridgehead atoms. The predicted molar refractivity (Wildman–Crippen MR) is 92.3 cm³/mol. The molecule has 0 saturated heterocycles. The minimum absolute atomic E-state index is 0.0755.